The highest BCUT2D eigenvalue weighted by Gasteiger charge is 2.58. The third kappa shape index (κ3) is 1.15. The maximum absolute atomic E-state index is 5.92. The fraction of sp³-hybridized carbons (Fsp3) is 1.00. The Morgan fingerprint density at radius 3 is 2.62 bits per heavy atom. The van der Waals surface area contributed by atoms with Crippen molar-refractivity contribution in [2.24, 2.45) is 5.41 Å². The van der Waals surface area contributed by atoms with E-state index in [2.05, 4.69) is 18.7 Å². The fourth-order valence-electron chi connectivity index (χ4n) is 2.84. The number of nitrogens with zero attached hydrogens (tertiary/aromatic N) is 1. The van der Waals surface area contributed by atoms with Crippen LogP contribution in [0.25, 0.3) is 0 Å². The van der Waals surface area contributed by atoms with Crippen LogP contribution in [0.3, 0.4) is 0 Å². The van der Waals surface area contributed by atoms with E-state index in [1.165, 1.54) is 32.4 Å². The second-order valence-electron chi connectivity index (χ2n) is 5.37. The van der Waals surface area contributed by atoms with Gasteiger partial charge in [-0.1, -0.05) is 0 Å². The third-order valence-corrected chi connectivity index (χ3v) is 4.10. The molecule has 13 heavy (non-hydrogen) atoms. The zero-order chi connectivity index (χ0) is 9.05. The average Bonchev–Trinajstić information content (AvgIpc) is 2.77. The quantitative estimate of drug-likeness (QED) is 0.610. The van der Waals surface area contributed by atoms with E-state index in [4.69, 9.17) is 4.74 Å². The zero-order valence-corrected chi connectivity index (χ0v) is 8.62. The van der Waals surface area contributed by atoms with Crippen molar-refractivity contribution < 1.29 is 4.74 Å². The van der Waals surface area contributed by atoms with Crippen LogP contribution in [0.1, 0.15) is 33.1 Å². The van der Waals surface area contributed by atoms with Crippen molar-refractivity contribution >= 4 is 0 Å². The van der Waals surface area contributed by atoms with Crippen LogP contribution < -0.4 is 0 Å². The molecule has 2 unspecified atom stereocenters. The molecule has 2 atom stereocenters. The zero-order valence-electron chi connectivity index (χ0n) is 8.62. The monoisotopic (exact) mass is 181 g/mol. The molecule has 2 heteroatoms. The maximum atomic E-state index is 5.92. The molecular weight excluding hydrogens is 162 g/mol. The van der Waals surface area contributed by atoms with Crippen LogP contribution in [-0.2, 0) is 4.74 Å². The molecular formula is C11H19NO. The summed E-state index contributed by atoms with van der Waals surface area (Å²) < 4.78 is 5.92. The van der Waals surface area contributed by atoms with Crippen LogP contribution in [0.2, 0.25) is 0 Å². The Hall–Kier alpha value is -0.0800. The van der Waals surface area contributed by atoms with E-state index in [1.807, 2.05) is 0 Å². The number of hydrogen-bond acceptors (Lipinski definition) is 2. The predicted octanol–water partition coefficient (Wildman–Crippen LogP) is 1.65. The van der Waals surface area contributed by atoms with Crippen LogP contribution in [0.15, 0.2) is 0 Å². The van der Waals surface area contributed by atoms with Gasteiger partial charge < -0.3 is 4.74 Å². The maximum Gasteiger partial charge on any atom is 0.0731 e. The van der Waals surface area contributed by atoms with Gasteiger partial charge in [0.2, 0.25) is 0 Å². The van der Waals surface area contributed by atoms with E-state index in [-0.39, 0.29) is 0 Å². The van der Waals surface area contributed by atoms with Crippen LogP contribution in [-0.4, -0.2) is 36.2 Å². The molecule has 1 saturated carbocycles. The Kier molecular flexibility index (Phi) is 1.58. The van der Waals surface area contributed by atoms with E-state index in [0.29, 0.717) is 23.7 Å². The summed E-state index contributed by atoms with van der Waals surface area (Å²) in [4.78, 5) is 2.62. The van der Waals surface area contributed by atoms with Gasteiger partial charge in [-0.05, 0) is 26.7 Å². The summed E-state index contributed by atoms with van der Waals surface area (Å²) >= 11 is 0. The molecule has 4 aliphatic rings. The van der Waals surface area contributed by atoms with E-state index in [1.54, 1.807) is 0 Å². The molecule has 0 radical (unpaired) electrons. The van der Waals surface area contributed by atoms with Crippen LogP contribution in [0, 0.1) is 5.41 Å². The van der Waals surface area contributed by atoms with Gasteiger partial charge in [0, 0.05) is 31.0 Å². The molecule has 0 amide bonds. The first kappa shape index (κ1) is 8.25. The molecule has 2 nitrogen and oxygen atoms in total. The summed E-state index contributed by atoms with van der Waals surface area (Å²) in [6.45, 7) is 7.08. The number of ether oxygens (including phenoxy) is 1. The first-order valence-corrected chi connectivity index (χ1v) is 5.59. The van der Waals surface area contributed by atoms with Crippen molar-refractivity contribution in [3.8, 4) is 0 Å². The molecule has 74 valence electrons. The Morgan fingerprint density at radius 2 is 2.08 bits per heavy atom. The fourth-order valence-corrected chi connectivity index (χ4v) is 2.84. The lowest BCUT2D eigenvalue weighted by molar-refractivity contribution is -0.140. The number of hydrogen-bond donors (Lipinski definition) is 0. The molecule has 3 heterocycles. The molecule has 1 aliphatic carbocycles. The van der Waals surface area contributed by atoms with Crippen molar-refractivity contribution in [2.45, 2.75) is 51.4 Å². The topological polar surface area (TPSA) is 12.5 Å². The second-order valence-corrected chi connectivity index (χ2v) is 5.37. The van der Waals surface area contributed by atoms with Gasteiger partial charge >= 0.3 is 0 Å². The summed E-state index contributed by atoms with van der Waals surface area (Å²) in [5.74, 6) is 0. The largest absolute Gasteiger partial charge is 0.373 e. The minimum atomic E-state index is 0.562. The molecule has 0 aromatic heterocycles. The van der Waals surface area contributed by atoms with E-state index < -0.39 is 0 Å². The van der Waals surface area contributed by atoms with Gasteiger partial charge in [-0.3, -0.25) is 4.90 Å². The van der Waals surface area contributed by atoms with Crippen LogP contribution in [0.4, 0.5) is 0 Å². The second kappa shape index (κ2) is 2.48. The lowest BCUT2D eigenvalue weighted by Crippen LogP contribution is -2.43. The summed E-state index contributed by atoms with van der Waals surface area (Å²) in [7, 11) is 0. The molecule has 1 spiro atoms. The Morgan fingerprint density at radius 1 is 1.38 bits per heavy atom. The van der Waals surface area contributed by atoms with Gasteiger partial charge in [-0.25, -0.2) is 0 Å². The Balaban J connectivity index is 1.79. The molecule has 4 fully saturated rings. The van der Waals surface area contributed by atoms with Crippen molar-refractivity contribution in [1.29, 1.82) is 0 Å². The molecule has 3 aliphatic heterocycles. The first-order valence-electron chi connectivity index (χ1n) is 5.59. The highest BCUT2D eigenvalue weighted by atomic mass is 16.5. The first-order chi connectivity index (χ1) is 6.20. The molecule has 0 aromatic carbocycles. The van der Waals surface area contributed by atoms with Gasteiger partial charge in [0.1, 0.15) is 0 Å². The lowest BCUT2D eigenvalue weighted by Gasteiger charge is -2.37. The average molecular weight is 181 g/mol. The van der Waals surface area contributed by atoms with Crippen molar-refractivity contribution in [2.75, 3.05) is 13.1 Å². The van der Waals surface area contributed by atoms with Gasteiger partial charge in [0.25, 0.3) is 0 Å². The SMILES string of the molecule is CC(C)N1CC2CC(O2)C2(CC2)C1. The standard InChI is InChI=1S/C11H19NO/c1-8(2)12-6-9-5-10(13-9)11(7-12)3-4-11/h8-10H,3-7H2,1-2H3. The Labute approximate surface area is 80.2 Å². The van der Waals surface area contributed by atoms with Gasteiger partial charge in [0.05, 0.1) is 12.2 Å². The number of rotatable bonds is 1. The number of fused-ring (bicyclic) bond motifs is 2. The molecule has 3 saturated heterocycles. The summed E-state index contributed by atoms with van der Waals surface area (Å²) in [5, 5.41) is 0. The Bertz CT molecular complexity index is 216. The highest BCUT2D eigenvalue weighted by Crippen LogP contribution is 2.56. The molecule has 0 aromatic rings. The minimum Gasteiger partial charge on any atom is -0.373 e. The van der Waals surface area contributed by atoms with E-state index in [9.17, 15) is 0 Å². The summed E-state index contributed by atoms with van der Waals surface area (Å²) in [5.41, 5.74) is 0.595. The highest BCUT2D eigenvalue weighted by molar-refractivity contribution is 5.08. The van der Waals surface area contributed by atoms with Crippen LogP contribution in [0.5, 0.6) is 0 Å². The smallest absolute Gasteiger partial charge is 0.0731 e. The van der Waals surface area contributed by atoms with E-state index in [0.717, 1.165) is 0 Å². The van der Waals surface area contributed by atoms with Gasteiger partial charge in [0.15, 0.2) is 0 Å². The normalized spacial score (nSPS) is 41.8. The van der Waals surface area contributed by atoms with Gasteiger partial charge in [-0.2, -0.15) is 0 Å². The molecule has 4 rings (SSSR count). The summed E-state index contributed by atoms with van der Waals surface area (Å²) in [6.07, 6.45) is 5.35. The third-order valence-electron chi connectivity index (χ3n) is 4.10. The van der Waals surface area contributed by atoms with Crippen molar-refractivity contribution in [1.82, 2.24) is 4.90 Å². The van der Waals surface area contributed by atoms with Crippen LogP contribution >= 0.6 is 0 Å². The molecule has 2 bridgehead atoms. The summed E-state index contributed by atoms with van der Waals surface area (Å²) in [6, 6.07) is 0.695. The van der Waals surface area contributed by atoms with Gasteiger partial charge in [-0.15, -0.1) is 0 Å². The van der Waals surface area contributed by atoms with E-state index >= 15 is 0 Å². The minimum absolute atomic E-state index is 0.562. The van der Waals surface area contributed by atoms with Crippen molar-refractivity contribution in [3.63, 3.8) is 0 Å². The lowest BCUT2D eigenvalue weighted by atomic mass is 9.91. The molecule has 0 N–H and O–H groups in total. The predicted molar refractivity (Wildman–Crippen MR) is 51.7 cm³/mol. The van der Waals surface area contributed by atoms with Crippen molar-refractivity contribution in [3.05, 3.63) is 0 Å².